The van der Waals surface area contributed by atoms with Crippen molar-refractivity contribution in [1.29, 1.82) is 0 Å². The zero-order chi connectivity index (χ0) is 24.3. The molecule has 0 spiro atoms. The minimum absolute atomic E-state index is 0.00519. The van der Waals surface area contributed by atoms with Gasteiger partial charge in [0, 0.05) is 24.5 Å². The molecule has 2 aromatic rings. The summed E-state index contributed by atoms with van der Waals surface area (Å²) in [5.41, 5.74) is 2.22. The third kappa shape index (κ3) is 5.13. The molecule has 3 aliphatic heterocycles. The number of ether oxygens (including phenoxy) is 1. The molecule has 4 fully saturated rings. The number of hydrogen-bond acceptors (Lipinski definition) is 4. The van der Waals surface area contributed by atoms with Crippen molar-refractivity contribution in [3.63, 3.8) is 0 Å². The number of benzene rings is 1. The van der Waals surface area contributed by atoms with Crippen LogP contribution in [-0.2, 0) is 19.7 Å². The summed E-state index contributed by atoms with van der Waals surface area (Å²) in [4.78, 5) is 31.1. The third-order valence-corrected chi connectivity index (χ3v) is 8.65. The SMILES string of the molecule is Cc1ccc(NC(=O)C[N+]23CCC(CC2)[C@@H](OC(=O)C2(c4ccccc4)CCCCCC2)C3)cn1. The molecule has 1 amide bonds. The summed E-state index contributed by atoms with van der Waals surface area (Å²) < 4.78 is 7.13. The van der Waals surface area contributed by atoms with E-state index in [-0.39, 0.29) is 18.0 Å². The number of hydrogen-bond donors (Lipinski definition) is 1. The number of anilines is 1. The van der Waals surface area contributed by atoms with E-state index in [9.17, 15) is 9.59 Å². The van der Waals surface area contributed by atoms with E-state index in [1.807, 2.05) is 37.3 Å². The number of rotatable bonds is 6. The van der Waals surface area contributed by atoms with Gasteiger partial charge in [-0.3, -0.25) is 14.6 Å². The maximum atomic E-state index is 13.9. The molecule has 35 heavy (non-hydrogen) atoms. The smallest absolute Gasteiger partial charge is 0.317 e. The molecule has 6 rings (SSSR count). The second-order valence-corrected chi connectivity index (χ2v) is 11.0. The highest BCUT2D eigenvalue weighted by Crippen LogP contribution is 2.42. The minimum Gasteiger partial charge on any atom is -0.455 e. The predicted molar refractivity (Wildman–Crippen MR) is 136 cm³/mol. The van der Waals surface area contributed by atoms with E-state index in [0.717, 1.165) is 75.1 Å². The topological polar surface area (TPSA) is 68.3 Å². The molecular weight excluding hydrogens is 438 g/mol. The molecule has 6 heteroatoms. The van der Waals surface area contributed by atoms with E-state index in [1.165, 1.54) is 12.8 Å². The van der Waals surface area contributed by atoms with E-state index < -0.39 is 5.41 Å². The Morgan fingerprint density at radius 1 is 1.03 bits per heavy atom. The Balaban J connectivity index is 1.29. The molecule has 1 N–H and O–H groups in total. The van der Waals surface area contributed by atoms with Crippen LogP contribution in [0.25, 0.3) is 0 Å². The molecule has 0 radical (unpaired) electrons. The average Bonchev–Trinajstić information content (AvgIpc) is 3.14. The van der Waals surface area contributed by atoms with Crippen LogP contribution in [0.1, 0.15) is 62.6 Å². The second-order valence-electron chi connectivity index (χ2n) is 11.0. The van der Waals surface area contributed by atoms with Crippen molar-refractivity contribution in [2.45, 2.75) is 69.8 Å². The van der Waals surface area contributed by atoms with Gasteiger partial charge in [-0.15, -0.1) is 0 Å². The number of aromatic nitrogens is 1. The number of aryl methyl sites for hydroxylation is 1. The van der Waals surface area contributed by atoms with Crippen molar-refractivity contribution >= 4 is 17.6 Å². The average molecular weight is 477 g/mol. The number of quaternary nitrogens is 1. The van der Waals surface area contributed by atoms with Crippen LogP contribution in [0.5, 0.6) is 0 Å². The highest BCUT2D eigenvalue weighted by atomic mass is 16.5. The summed E-state index contributed by atoms with van der Waals surface area (Å²) in [6.07, 6.45) is 9.82. The zero-order valence-corrected chi connectivity index (χ0v) is 20.9. The number of carbonyl (C=O) groups excluding carboxylic acids is 2. The fourth-order valence-corrected chi connectivity index (χ4v) is 6.57. The molecule has 1 saturated carbocycles. The summed E-state index contributed by atoms with van der Waals surface area (Å²) in [6.45, 7) is 5.03. The molecule has 4 heterocycles. The lowest BCUT2D eigenvalue weighted by Crippen LogP contribution is -2.66. The Hall–Kier alpha value is -2.73. The standard InChI is InChI=1S/C29H37N3O3/c1-22-11-12-25(19-30-22)31-27(33)21-32-17-13-23(14-18-32)26(20-32)35-28(34)29(15-7-2-3-8-16-29)24-9-5-4-6-10-24/h4-6,9-12,19,23,26H,2-3,7-8,13-18,20-21H2,1H3/p+1/t23?,26-,32?/m0/s1. The van der Waals surface area contributed by atoms with Crippen LogP contribution in [0.2, 0.25) is 0 Å². The molecule has 2 bridgehead atoms. The fourth-order valence-electron chi connectivity index (χ4n) is 6.57. The number of carbonyl (C=O) groups is 2. The first kappa shape index (κ1) is 24.0. The second kappa shape index (κ2) is 10.1. The van der Waals surface area contributed by atoms with Crippen LogP contribution in [-0.4, -0.2) is 53.6 Å². The van der Waals surface area contributed by atoms with Gasteiger partial charge in [-0.1, -0.05) is 56.0 Å². The molecule has 1 aliphatic carbocycles. The number of nitrogens with one attached hydrogen (secondary N) is 1. The lowest BCUT2D eigenvalue weighted by Gasteiger charge is -2.52. The lowest BCUT2D eigenvalue weighted by molar-refractivity contribution is -0.939. The molecular formula is C29H38N3O3+. The van der Waals surface area contributed by atoms with Crippen LogP contribution in [0.4, 0.5) is 5.69 Å². The van der Waals surface area contributed by atoms with Crippen LogP contribution < -0.4 is 5.32 Å². The molecule has 1 aromatic carbocycles. The predicted octanol–water partition coefficient (Wildman–Crippen LogP) is 4.77. The van der Waals surface area contributed by atoms with Gasteiger partial charge >= 0.3 is 5.97 Å². The number of nitrogens with zero attached hydrogens (tertiary/aromatic N) is 2. The first-order valence-electron chi connectivity index (χ1n) is 13.3. The summed E-state index contributed by atoms with van der Waals surface area (Å²) in [6, 6.07) is 14.1. The Kier molecular flexibility index (Phi) is 6.92. The molecule has 6 nitrogen and oxygen atoms in total. The van der Waals surface area contributed by atoms with Gasteiger partial charge in [0.15, 0.2) is 12.6 Å². The monoisotopic (exact) mass is 476 g/mol. The van der Waals surface area contributed by atoms with Crippen LogP contribution in [0.15, 0.2) is 48.7 Å². The molecule has 1 aromatic heterocycles. The van der Waals surface area contributed by atoms with Gasteiger partial charge in [-0.25, -0.2) is 0 Å². The van der Waals surface area contributed by atoms with Crippen molar-refractivity contribution in [2.24, 2.45) is 5.92 Å². The highest BCUT2D eigenvalue weighted by Gasteiger charge is 2.51. The van der Waals surface area contributed by atoms with Gasteiger partial charge in [-0.2, -0.15) is 0 Å². The van der Waals surface area contributed by atoms with Crippen molar-refractivity contribution in [3.8, 4) is 0 Å². The normalized spacial score (nSPS) is 27.6. The van der Waals surface area contributed by atoms with E-state index in [2.05, 4.69) is 22.4 Å². The van der Waals surface area contributed by atoms with Gasteiger partial charge in [0.05, 0.1) is 30.4 Å². The van der Waals surface area contributed by atoms with Crippen molar-refractivity contribution < 1.29 is 18.8 Å². The Morgan fingerprint density at radius 2 is 1.74 bits per heavy atom. The van der Waals surface area contributed by atoms with E-state index >= 15 is 0 Å². The number of esters is 1. The largest absolute Gasteiger partial charge is 0.455 e. The molecule has 3 saturated heterocycles. The zero-order valence-electron chi connectivity index (χ0n) is 20.9. The van der Waals surface area contributed by atoms with Crippen LogP contribution in [0, 0.1) is 12.8 Å². The van der Waals surface area contributed by atoms with Crippen molar-refractivity contribution in [2.75, 3.05) is 31.5 Å². The first-order valence-corrected chi connectivity index (χ1v) is 13.3. The van der Waals surface area contributed by atoms with Crippen LogP contribution in [0.3, 0.4) is 0 Å². The maximum absolute atomic E-state index is 13.9. The number of amides is 1. The quantitative estimate of drug-likeness (QED) is 0.370. The van der Waals surface area contributed by atoms with Crippen LogP contribution >= 0.6 is 0 Å². The highest BCUT2D eigenvalue weighted by molar-refractivity contribution is 5.91. The summed E-state index contributed by atoms with van der Waals surface area (Å²) in [5.74, 6) is 0.366. The molecule has 4 aliphatic rings. The van der Waals surface area contributed by atoms with E-state index in [1.54, 1.807) is 6.20 Å². The first-order chi connectivity index (χ1) is 17.0. The summed E-state index contributed by atoms with van der Waals surface area (Å²) in [5, 5.41) is 3.01. The Labute approximate surface area is 208 Å². The Bertz CT molecular complexity index is 1020. The van der Waals surface area contributed by atoms with Gasteiger partial charge in [0.1, 0.15) is 6.54 Å². The molecule has 186 valence electrons. The molecule has 0 unspecified atom stereocenters. The van der Waals surface area contributed by atoms with Crippen molar-refractivity contribution in [3.05, 3.63) is 59.9 Å². The number of fused-ring (bicyclic) bond motifs is 3. The summed E-state index contributed by atoms with van der Waals surface area (Å²) in [7, 11) is 0. The van der Waals surface area contributed by atoms with E-state index in [0.29, 0.717) is 16.9 Å². The minimum atomic E-state index is -0.537. The number of piperidine rings is 3. The maximum Gasteiger partial charge on any atom is 0.317 e. The van der Waals surface area contributed by atoms with Crippen molar-refractivity contribution in [1.82, 2.24) is 4.98 Å². The van der Waals surface area contributed by atoms with E-state index in [4.69, 9.17) is 4.74 Å². The summed E-state index contributed by atoms with van der Waals surface area (Å²) >= 11 is 0. The Morgan fingerprint density at radius 3 is 2.40 bits per heavy atom. The molecule has 1 atom stereocenters. The third-order valence-electron chi connectivity index (χ3n) is 8.65. The van der Waals surface area contributed by atoms with Gasteiger partial charge < -0.3 is 14.5 Å². The fraction of sp³-hybridized carbons (Fsp3) is 0.552. The van der Waals surface area contributed by atoms with Gasteiger partial charge in [0.25, 0.3) is 5.91 Å². The number of pyridine rings is 1. The van der Waals surface area contributed by atoms with Gasteiger partial charge in [-0.05, 0) is 37.5 Å². The lowest BCUT2D eigenvalue weighted by atomic mass is 9.74. The van der Waals surface area contributed by atoms with Gasteiger partial charge in [0.2, 0.25) is 0 Å².